The van der Waals surface area contributed by atoms with Crippen LogP contribution in [-0.4, -0.2) is 44.0 Å². The van der Waals surface area contributed by atoms with E-state index in [1.165, 1.54) is 0 Å². The van der Waals surface area contributed by atoms with Gasteiger partial charge in [0, 0.05) is 42.5 Å². The van der Waals surface area contributed by atoms with Crippen LogP contribution in [0.25, 0.3) is 0 Å². The molecule has 0 aliphatic heterocycles. The molecule has 1 rings (SSSR count). The molecule has 0 aromatic heterocycles. The van der Waals surface area contributed by atoms with Gasteiger partial charge in [-0.3, -0.25) is 9.79 Å². The topological polar surface area (TPSA) is 65.5 Å². The molecule has 1 aromatic carbocycles. The Morgan fingerprint density at radius 1 is 1.32 bits per heavy atom. The van der Waals surface area contributed by atoms with E-state index in [9.17, 15) is 4.79 Å². The highest BCUT2D eigenvalue weighted by Gasteiger charge is 2.06. The molecular weight excluding hydrogens is 364 g/mol. The van der Waals surface area contributed by atoms with Gasteiger partial charge in [0.2, 0.25) is 5.91 Å². The van der Waals surface area contributed by atoms with Crippen molar-refractivity contribution in [3.05, 3.63) is 28.2 Å². The molecule has 0 saturated heterocycles. The van der Waals surface area contributed by atoms with E-state index in [-0.39, 0.29) is 5.91 Å². The van der Waals surface area contributed by atoms with E-state index in [0.717, 1.165) is 34.0 Å². The number of benzene rings is 1. The number of carbonyl (C=O) groups is 1. The Balaban J connectivity index is 2.35. The lowest BCUT2D eigenvalue weighted by Crippen LogP contribution is -2.39. The Hall–Kier alpha value is -1.21. The average molecular weight is 387 g/mol. The van der Waals surface area contributed by atoms with E-state index in [1.54, 1.807) is 18.8 Å². The molecule has 0 unspecified atom stereocenters. The van der Waals surface area contributed by atoms with Crippen molar-refractivity contribution < 1.29 is 4.79 Å². The molecule has 0 aliphatic carbocycles. The predicted molar refractivity (Wildman–Crippen MR) is 99.9 cm³/mol. The van der Waals surface area contributed by atoms with Gasteiger partial charge in [-0.15, -0.1) is 0 Å². The number of guanidine groups is 1. The van der Waals surface area contributed by atoms with Crippen molar-refractivity contribution in [3.63, 3.8) is 0 Å². The lowest BCUT2D eigenvalue weighted by Gasteiger charge is -2.12. The Bertz CT molecular complexity index is 522. The molecule has 122 valence electrons. The van der Waals surface area contributed by atoms with Crippen molar-refractivity contribution in [2.75, 3.05) is 37.5 Å². The van der Waals surface area contributed by atoms with Crippen LogP contribution in [0, 0.1) is 6.92 Å². The summed E-state index contributed by atoms with van der Waals surface area (Å²) in [6.07, 6.45) is 2.45. The van der Waals surface area contributed by atoms with Gasteiger partial charge in [0.05, 0.1) is 0 Å². The number of anilines is 1. The fraction of sp³-hybridized carbons (Fsp3) is 0.467. The maximum absolute atomic E-state index is 12.0. The molecule has 0 atom stereocenters. The van der Waals surface area contributed by atoms with Crippen molar-refractivity contribution >= 4 is 45.2 Å². The number of carbonyl (C=O) groups excluding carboxylic acids is 1. The van der Waals surface area contributed by atoms with Crippen LogP contribution in [0.1, 0.15) is 12.0 Å². The molecule has 0 radical (unpaired) electrons. The largest absolute Gasteiger partial charge is 0.356 e. The summed E-state index contributed by atoms with van der Waals surface area (Å²) in [5.41, 5.74) is 1.88. The molecular formula is C15H23BrN4OS. The molecule has 0 aliphatic rings. The second kappa shape index (κ2) is 10.5. The Morgan fingerprint density at radius 2 is 2.05 bits per heavy atom. The second-order valence-corrected chi connectivity index (χ2v) is 6.58. The summed E-state index contributed by atoms with van der Waals surface area (Å²) in [6.45, 7) is 3.36. The van der Waals surface area contributed by atoms with Gasteiger partial charge in [-0.25, -0.2) is 0 Å². The lowest BCUT2D eigenvalue weighted by atomic mass is 10.2. The maximum atomic E-state index is 12.0. The highest BCUT2D eigenvalue weighted by Crippen LogP contribution is 2.20. The van der Waals surface area contributed by atoms with Crippen molar-refractivity contribution in [1.29, 1.82) is 0 Å². The Labute approximate surface area is 144 Å². The zero-order valence-electron chi connectivity index (χ0n) is 13.2. The molecule has 0 saturated carbocycles. The van der Waals surface area contributed by atoms with E-state index in [0.29, 0.717) is 13.0 Å². The number of thioether (sulfide) groups is 1. The molecule has 0 fully saturated rings. The number of aryl methyl sites for hydroxylation is 1. The Kier molecular flexibility index (Phi) is 9.00. The quantitative estimate of drug-likeness (QED) is 0.382. The monoisotopic (exact) mass is 386 g/mol. The number of nitrogens with one attached hydrogen (secondary N) is 3. The van der Waals surface area contributed by atoms with Gasteiger partial charge in [-0.1, -0.05) is 22.0 Å². The average Bonchev–Trinajstić information content (AvgIpc) is 2.49. The first-order valence-corrected chi connectivity index (χ1v) is 9.25. The van der Waals surface area contributed by atoms with Crippen LogP contribution in [0.2, 0.25) is 0 Å². The smallest absolute Gasteiger partial charge is 0.226 e. The van der Waals surface area contributed by atoms with Gasteiger partial charge in [0.1, 0.15) is 0 Å². The van der Waals surface area contributed by atoms with E-state index in [2.05, 4.69) is 43.1 Å². The van der Waals surface area contributed by atoms with E-state index in [4.69, 9.17) is 0 Å². The van der Waals surface area contributed by atoms with Crippen LogP contribution >= 0.6 is 27.7 Å². The van der Waals surface area contributed by atoms with Crippen molar-refractivity contribution in [3.8, 4) is 0 Å². The highest BCUT2D eigenvalue weighted by atomic mass is 79.9. The summed E-state index contributed by atoms with van der Waals surface area (Å²) >= 11 is 5.18. The van der Waals surface area contributed by atoms with Crippen molar-refractivity contribution in [1.82, 2.24) is 10.6 Å². The molecule has 5 nitrogen and oxygen atoms in total. The van der Waals surface area contributed by atoms with Crippen LogP contribution in [0.3, 0.4) is 0 Å². The first kappa shape index (κ1) is 18.8. The van der Waals surface area contributed by atoms with Crippen LogP contribution < -0.4 is 16.0 Å². The molecule has 7 heteroatoms. The number of nitrogens with zero attached hydrogens (tertiary/aromatic N) is 1. The van der Waals surface area contributed by atoms with Gasteiger partial charge in [0.15, 0.2) is 5.96 Å². The lowest BCUT2D eigenvalue weighted by molar-refractivity contribution is -0.116. The van der Waals surface area contributed by atoms with Crippen LogP contribution in [0.5, 0.6) is 0 Å². The summed E-state index contributed by atoms with van der Waals surface area (Å²) in [5, 5.41) is 9.24. The third-order valence-corrected chi connectivity index (χ3v) is 4.05. The summed E-state index contributed by atoms with van der Waals surface area (Å²) in [4.78, 5) is 16.1. The maximum Gasteiger partial charge on any atom is 0.226 e. The molecule has 1 amide bonds. The minimum absolute atomic E-state index is 0.0201. The van der Waals surface area contributed by atoms with E-state index < -0.39 is 0 Å². The molecule has 0 bridgehead atoms. The van der Waals surface area contributed by atoms with Gasteiger partial charge >= 0.3 is 0 Å². The van der Waals surface area contributed by atoms with Gasteiger partial charge in [-0.05, 0) is 30.9 Å². The van der Waals surface area contributed by atoms with Crippen molar-refractivity contribution in [2.24, 2.45) is 4.99 Å². The molecule has 22 heavy (non-hydrogen) atoms. The van der Waals surface area contributed by atoms with Gasteiger partial charge < -0.3 is 16.0 Å². The number of hydrogen-bond acceptors (Lipinski definition) is 3. The van der Waals surface area contributed by atoms with Gasteiger partial charge in [-0.2, -0.15) is 11.8 Å². The standard InChI is InChI=1S/C15H23BrN4OS/c1-11-4-5-12(16)10-13(11)20-14(21)6-7-18-15(17-2)19-8-9-22-3/h4-5,10H,6-9H2,1-3H3,(H,20,21)(H2,17,18,19). The number of halogens is 1. The number of amides is 1. The van der Waals surface area contributed by atoms with Crippen LogP contribution in [0.15, 0.2) is 27.7 Å². The second-order valence-electron chi connectivity index (χ2n) is 4.68. The molecule has 0 heterocycles. The third-order valence-electron chi connectivity index (χ3n) is 2.94. The fourth-order valence-electron chi connectivity index (χ4n) is 1.73. The number of aliphatic imine (C=N–C) groups is 1. The third kappa shape index (κ3) is 7.17. The first-order valence-electron chi connectivity index (χ1n) is 7.06. The zero-order valence-corrected chi connectivity index (χ0v) is 15.6. The predicted octanol–water partition coefficient (Wildman–Crippen LogP) is 2.61. The fourth-order valence-corrected chi connectivity index (χ4v) is 2.40. The zero-order chi connectivity index (χ0) is 16.4. The minimum Gasteiger partial charge on any atom is -0.356 e. The van der Waals surface area contributed by atoms with Crippen molar-refractivity contribution in [2.45, 2.75) is 13.3 Å². The molecule has 3 N–H and O–H groups in total. The first-order chi connectivity index (χ1) is 10.6. The highest BCUT2D eigenvalue weighted by molar-refractivity contribution is 9.10. The normalized spacial score (nSPS) is 11.2. The summed E-state index contributed by atoms with van der Waals surface area (Å²) in [6, 6.07) is 5.83. The van der Waals surface area contributed by atoms with Crippen LogP contribution in [0.4, 0.5) is 5.69 Å². The minimum atomic E-state index is -0.0201. The van der Waals surface area contributed by atoms with Gasteiger partial charge in [0.25, 0.3) is 0 Å². The Morgan fingerprint density at radius 3 is 2.73 bits per heavy atom. The van der Waals surface area contributed by atoms with Crippen LogP contribution in [-0.2, 0) is 4.79 Å². The summed E-state index contributed by atoms with van der Waals surface area (Å²) < 4.78 is 0.949. The van der Waals surface area contributed by atoms with E-state index in [1.807, 2.05) is 25.1 Å². The SMILES string of the molecule is CN=C(NCCSC)NCCC(=O)Nc1cc(Br)ccc1C. The summed E-state index contributed by atoms with van der Waals surface area (Å²) in [5.74, 6) is 1.72. The van der Waals surface area contributed by atoms with E-state index >= 15 is 0 Å². The number of rotatable bonds is 7. The molecule has 1 aromatic rings. The number of hydrogen-bond donors (Lipinski definition) is 3. The molecule has 0 spiro atoms. The summed E-state index contributed by atoms with van der Waals surface area (Å²) in [7, 11) is 1.72.